The van der Waals surface area contributed by atoms with Crippen molar-refractivity contribution in [2.24, 2.45) is 11.8 Å². The topological polar surface area (TPSA) is 86.8 Å². The normalized spacial score (nSPS) is 24.3. The lowest BCUT2D eigenvalue weighted by atomic mass is 9.88. The summed E-state index contributed by atoms with van der Waals surface area (Å²) in [5.41, 5.74) is 0. The molecule has 156 valence electrons. The van der Waals surface area contributed by atoms with E-state index in [2.05, 4.69) is 25.5 Å². The highest BCUT2D eigenvalue weighted by atomic mass is 32.2. The minimum Gasteiger partial charge on any atom is -0.339 e. The van der Waals surface area contributed by atoms with Gasteiger partial charge in [-0.1, -0.05) is 20.8 Å². The summed E-state index contributed by atoms with van der Waals surface area (Å²) in [6, 6.07) is -0.0468. The quantitative estimate of drug-likeness (QED) is 0.702. The molecule has 0 aromatic heterocycles. The second-order valence-electron chi connectivity index (χ2n) is 8.53. The first kappa shape index (κ1) is 22.1. The van der Waals surface area contributed by atoms with E-state index in [-0.39, 0.29) is 17.9 Å². The monoisotopic (exact) mass is 401 g/mol. The highest BCUT2D eigenvalue weighted by molar-refractivity contribution is 7.90. The Hall–Kier alpha value is -1.15. The summed E-state index contributed by atoms with van der Waals surface area (Å²) in [5.74, 6) is 0.381. The van der Waals surface area contributed by atoms with Crippen LogP contribution in [-0.2, 0) is 19.6 Å². The van der Waals surface area contributed by atoms with Crippen molar-refractivity contribution in [3.05, 3.63) is 0 Å². The summed E-state index contributed by atoms with van der Waals surface area (Å²) in [4.78, 5) is 27.9. The van der Waals surface area contributed by atoms with Crippen molar-refractivity contribution < 1.29 is 18.0 Å². The molecule has 1 saturated carbocycles. The first-order valence-corrected chi connectivity index (χ1v) is 11.9. The molecule has 0 unspecified atom stereocenters. The van der Waals surface area contributed by atoms with Crippen LogP contribution in [0.15, 0.2) is 0 Å². The summed E-state index contributed by atoms with van der Waals surface area (Å²) in [7, 11) is -3.62. The lowest BCUT2D eigenvalue weighted by Crippen LogP contribution is -2.52. The predicted octanol–water partition coefficient (Wildman–Crippen LogP) is 1.59. The molecule has 0 aromatic carbocycles. The molecule has 0 radical (unpaired) electrons. The van der Waals surface area contributed by atoms with Gasteiger partial charge in [0.05, 0.1) is 0 Å². The predicted molar refractivity (Wildman–Crippen MR) is 106 cm³/mol. The molecular formula is C19H35N3O4S. The minimum atomic E-state index is -3.62. The van der Waals surface area contributed by atoms with E-state index in [1.807, 2.05) is 0 Å². The number of nitrogens with zero attached hydrogens (tertiary/aromatic N) is 2. The van der Waals surface area contributed by atoms with Gasteiger partial charge in [-0.25, -0.2) is 13.1 Å². The summed E-state index contributed by atoms with van der Waals surface area (Å²) in [5, 5.41) is 0. The van der Waals surface area contributed by atoms with E-state index < -0.39 is 15.8 Å². The van der Waals surface area contributed by atoms with Crippen molar-refractivity contribution in [3.63, 3.8) is 0 Å². The second kappa shape index (κ2) is 9.87. The van der Waals surface area contributed by atoms with E-state index in [4.69, 9.17) is 0 Å². The van der Waals surface area contributed by atoms with Crippen LogP contribution >= 0.6 is 0 Å². The molecule has 0 bridgehead atoms. The molecule has 2 amide bonds. The zero-order chi connectivity index (χ0) is 20.0. The number of rotatable bonds is 7. The smallest absolute Gasteiger partial charge is 0.239 e. The third-order valence-electron chi connectivity index (χ3n) is 5.60. The molecule has 1 heterocycles. The van der Waals surface area contributed by atoms with Crippen molar-refractivity contribution in [2.45, 2.75) is 65.3 Å². The molecule has 2 fully saturated rings. The van der Waals surface area contributed by atoms with Gasteiger partial charge in [-0.15, -0.1) is 0 Å². The van der Waals surface area contributed by atoms with E-state index in [1.54, 1.807) is 9.80 Å². The Kier molecular flexibility index (Phi) is 8.09. The molecule has 0 spiro atoms. The fourth-order valence-corrected chi connectivity index (χ4v) is 5.04. The van der Waals surface area contributed by atoms with Crippen molar-refractivity contribution >= 4 is 21.8 Å². The van der Waals surface area contributed by atoms with Crippen molar-refractivity contribution in [3.8, 4) is 0 Å². The average Bonchev–Trinajstić information content (AvgIpc) is 2.61. The molecule has 1 aliphatic heterocycles. The molecule has 7 nitrogen and oxygen atoms in total. The van der Waals surface area contributed by atoms with Gasteiger partial charge in [-0.05, 0) is 43.9 Å². The van der Waals surface area contributed by atoms with Crippen LogP contribution in [0.5, 0.6) is 0 Å². The van der Waals surface area contributed by atoms with Crippen LogP contribution in [0.3, 0.4) is 0 Å². The Bertz CT molecular complexity index is 604. The largest absolute Gasteiger partial charge is 0.339 e. The number of amides is 2. The lowest BCUT2D eigenvalue weighted by Gasteiger charge is -2.35. The third-order valence-corrected chi connectivity index (χ3v) is 6.92. The third kappa shape index (κ3) is 7.41. The van der Waals surface area contributed by atoms with Crippen molar-refractivity contribution in [2.75, 3.05) is 31.9 Å². The highest BCUT2D eigenvalue weighted by Crippen LogP contribution is 2.23. The highest BCUT2D eigenvalue weighted by Gasteiger charge is 2.29. The van der Waals surface area contributed by atoms with Crippen molar-refractivity contribution in [1.82, 2.24) is 14.5 Å². The second-order valence-corrected chi connectivity index (χ2v) is 10.3. The molecule has 27 heavy (non-hydrogen) atoms. The molecule has 1 aliphatic carbocycles. The Morgan fingerprint density at radius 1 is 0.963 bits per heavy atom. The molecule has 0 aromatic rings. The number of sulfonamides is 1. The van der Waals surface area contributed by atoms with Gasteiger partial charge in [0.2, 0.25) is 21.8 Å². The fourth-order valence-electron chi connectivity index (χ4n) is 3.70. The molecule has 2 rings (SSSR count). The first-order chi connectivity index (χ1) is 12.7. The van der Waals surface area contributed by atoms with Crippen LogP contribution in [0.25, 0.3) is 0 Å². The number of carbonyl (C=O) groups is 2. The molecule has 1 saturated heterocycles. The van der Waals surface area contributed by atoms with Crippen LogP contribution in [0, 0.1) is 11.8 Å². The fraction of sp³-hybridized carbons (Fsp3) is 0.895. The SMILES string of the molecule is CC(C)CCC(=O)N1CCN(C(=O)CS(=O)(=O)NC2CCC(C)CC2)CC1. The summed E-state index contributed by atoms with van der Waals surface area (Å²) in [6.07, 6.45) is 5.12. The van der Waals surface area contributed by atoms with Gasteiger partial charge in [0, 0.05) is 38.6 Å². The Morgan fingerprint density at radius 2 is 1.48 bits per heavy atom. The van der Waals surface area contributed by atoms with Crippen LogP contribution in [0.1, 0.15) is 59.3 Å². The van der Waals surface area contributed by atoms with E-state index >= 15 is 0 Å². The van der Waals surface area contributed by atoms with E-state index in [9.17, 15) is 18.0 Å². The lowest BCUT2D eigenvalue weighted by molar-refractivity contribution is -0.138. The maximum atomic E-state index is 12.4. The van der Waals surface area contributed by atoms with Gasteiger partial charge < -0.3 is 9.80 Å². The summed E-state index contributed by atoms with van der Waals surface area (Å²) < 4.78 is 27.4. The average molecular weight is 402 g/mol. The zero-order valence-corrected chi connectivity index (χ0v) is 17.8. The molecular weight excluding hydrogens is 366 g/mol. The van der Waals surface area contributed by atoms with Gasteiger partial charge in [-0.3, -0.25) is 9.59 Å². The molecule has 8 heteroatoms. The van der Waals surface area contributed by atoms with Crippen LogP contribution in [-0.4, -0.2) is 68.0 Å². The Labute approximate surface area is 163 Å². The van der Waals surface area contributed by atoms with Gasteiger partial charge in [0.1, 0.15) is 5.75 Å². The molecule has 1 N–H and O–H groups in total. The van der Waals surface area contributed by atoms with E-state index in [1.165, 1.54) is 0 Å². The number of hydrogen-bond donors (Lipinski definition) is 1. The maximum Gasteiger partial charge on any atom is 0.239 e. The zero-order valence-electron chi connectivity index (χ0n) is 16.9. The van der Waals surface area contributed by atoms with Crippen molar-refractivity contribution in [1.29, 1.82) is 0 Å². The Morgan fingerprint density at radius 3 is 2.00 bits per heavy atom. The van der Waals surface area contributed by atoms with Gasteiger partial charge in [-0.2, -0.15) is 0 Å². The minimum absolute atomic E-state index is 0.0468. The van der Waals surface area contributed by atoms with E-state index in [0.717, 1.165) is 32.1 Å². The van der Waals surface area contributed by atoms with Crippen LogP contribution < -0.4 is 4.72 Å². The first-order valence-electron chi connectivity index (χ1n) is 10.2. The van der Waals surface area contributed by atoms with Gasteiger partial charge >= 0.3 is 0 Å². The summed E-state index contributed by atoms with van der Waals surface area (Å²) in [6.45, 7) is 8.14. The number of nitrogens with one attached hydrogen (secondary N) is 1. The maximum absolute atomic E-state index is 12.4. The van der Waals surface area contributed by atoms with Gasteiger partial charge in [0.25, 0.3) is 0 Å². The summed E-state index contributed by atoms with van der Waals surface area (Å²) >= 11 is 0. The number of piperazine rings is 1. The van der Waals surface area contributed by atoms with Gasteiger partial charge in [0.15, 0.2) is 0 Å². The molecule has 2 aliphatic rings. The number of hydrogen-bond acceptors (Lipinski definition) is 4. The Balaban J connectivity index is 1.75. The van der Waals surface area contributed by atoms with E-state index in [0.29, 0.717) is 44.4 Å². The number of carbonyl (C=O) groups excluding carboxylic acids is 2. The molecule has 0 atom stereocenters. The van der Waals surface area contributed by atoms with Crippen LogP contribution in [0.2, 0.25) is 0 Å². The standard InChI is InChI=1S/C19H35N3O4S/c1-15(2)4-9-18(23)21-10-12-22(13-11-21)19(24)14-27(25,26)20-17-7-5-16(3)6-8-17/h15-17,20H,4-14H2,1-3H3. The van der Waals surface area contributed by atoms with Crippen LogP contribution in [0.4, 0.5) is 0 Å².